The van der Waals surface area contributed by atoms with E-state index in [1.807, 2.05) is 6.07 Å². The fraction of sp³-hybridized carbons (Fsp3) is 0.533. The zero-order valence-electron chi connectivity index (χ0n) is 11.2. The summed E-state index contributed by atoms with van der Waals surface area (Å²) in [6, 6.07) is 8.74. The molecule has 1 aliphatic carbocycles. The van der Waals surface area contributed by atoms with Gasteiger partial charge in [-0.1, -0.05) is 25.0 Å². The Kier molecular flexibility index (Phi) is 2.67. The summed E-state index contributed by atoms with van der Waals surface area (Å²) >= 11 is 0. The molecule has 96 valence electrons. The molecule has 2 N–H and O–H groups in total. The average molecular weight is 243 g/mol. The van der Waals surface area contributed by atoms with E-state index < -0.39 is 0 Å². The van der Waals surface area contributed by atoms with Crippen LogP contribution in [0.5, 0.6) is 0 Å². The molecule has 1 aromatic carbocycles. The highest BCUT2D eigenvalue weighted by Gasteiger charge is 2.36. The lowest BCUT2D eigenvalue weighted by Gasteiger charge is -2.26. The summed E-state index contributed by atoms with van der Waals surface area (Å²) in [7, 11) is 0. The van der Waals surface area contributed by atoms with Crippen LogP contribution in [0.4, 0.5) is 0 Å². The SMILES string of the molecule is CC(C)n1c(C2(N)CCCC2)nc2ccccc21. The van der Waals surface area contributed by atoms with Gasteiger partial charge >= 0.3 is 0 Å². The first-order valence-corrected chi connectivity index (χ1v) is 6.88. The van der Waals surface area contributed by atoms with E-state index in [0.29, 0.717) is 6.04 Å². The van der Waals surface area contributed by atoms with Crippen LogP contribution in [0.2, 0.25) is 0 Å². The molecule has 1 aliphatic rings. The largest absolute Gasteiger partial charge is 0.324 e. The topological polar surface area (TPSA) is 43.8 Å². The van der Waals surface area contributed by atoms with Crippen LogP contribution in [0, 0.1) is 0 Å². The van der Waals surface area contributed by atoms with E-state index in [9.17, 15) is 0 Å². The van der Waals surface area contributed by atoms with Crippen molar-refractivity contribution < 1.29 is 0 Å². The molecule has 0 radical (unpaired) electrons. The summed E-state index contributed by atoms with van der Waals surface area (Å²) in [5, 5.41) is 0. The molecule has 0 atom stereocenters. The van der Waals surface area contributed by atoms with Gasteiger partial charge in [-0.05, 0) is 38.8 Å². The van der Waals surface area contributed by atoms with Gasteiger partial charge in [-0.2, -0.15) is 0 Å². The van der Waals surface area contributed by atoms with Gasteiger partial charge in [-0.3, -0.25) is 0 Å². The first-order valence-electron chi connectivity index (χ1n) is 6.88. The third-order valence-corrected chi connectivity index (χ3v) is 4.05. The van der Waals surface area contributed by atoms with Crippen molar-refractivity contribution in [2.75, 3.05) is 0 Å². The van der Waals surface area contributed by atoms with Crippen LogP contribution in [-0.2, 0) is 5.54 Å². The highest BCUT2D eigenvalue weighted by Crippen LogP contribution is 2.38. The molecule has 0 spiro atoms. The Labute approximate surface area is 108 Å². The van der Waals surface area contributed by atoms with E-state index in [1.165, 1.54) is 18.4 Å². The summed E-state index contributed by atoms with van der Waals surface area (Å²) in [5.74, 6) is 1.08. The average Bonchev–Trinajstić information content (AvgIpc) is 2.93. The van der Waals surface area contributed by atoms with Crippen molar-refractivity contribution in [2.45, 2.75) is 51.1 Å². The van der Waals surface area contributed by atoms with E-state index in [-0.39, 0.29) is 5.54 Å². The maximum atomic E-state index is 6.60. The second kappa shape index (κ2) is 4.09. The number of rotatable bonds is 2. The van der Waals surface area contributed by atoms with Gasteiger partial charge in [0.2, 0.25) is 0 Å². The van der Waals surface area contributed by atoms with Crippen molar-refractivity contribution in [3.05, 3.63) is 30.1 Å². The number of hydrogen-bond acceptors (Lipinski definition) is 2. The van der Waals surface area contributed by atoms with Crippen LogP contribution in [0.25, 0.3) is 11.0 Å². The van der Waals surface area contributed by atoms with Gasteiger partial charge in [0.25, 0.3) is 0 Å². The molecule has 2 aromatic rings. The van der Waals surface area contributed by atoms with Crippen molar-refractivity contribution in [1.82, 2.24) is 9.55 Å². The van der Waals surface area contributed by atoms with Crippen molar-refractivity contribution in [3.8, 4) is 0 Å². The number of hydrogen-bond donors (Lipinski definition) is 1. The predicted octanol–water partition coefficient (Wildman–Crippen LogP) is 3.35. The van der Waals surface area contributed by atoms with Gasteiger partial charge in [-0.15, -0.1) is 0 Å². The van der Waals surface area contributed by atoms with Gasteiger partial charge in [0.15, 0.2) is 0 Å². The molecule has 1 fully saturated rings. The van der Waals surface area contributed by atoms with E-state index in [0.717, 1.165) is 24.2 Å². The van der Waals surface area contributed by atoms with Crippen LogP contribution in [0.1, 0.15) is 51.4 Å². The summed E-state index contributed by atoms with van der Waals surface area (Å²) in [4.78, 5) is 4.83. The summed E-state index contributed by atoms with van der Waals surface area (Å²) < 4.78 is 2.32. The van der Waals surface area contributed by atoms with Crippen molar-refractivity contribution in [1.29, 1.82) is 0 Å². The van der Waals surface area contributed by atoms with Crippen molar-refractivity contribution in [3.63, 3.8) is 0 Å². The fourth-order valence-corrected chi connectivity index (χ4v) is 3.15. The number of para-hydroxylation sites is 2. The molecule has 0 aliphatic heterocycles. The summed E-state index contributed by atoms with van der Waals surface area (Å²) in [6.45, 7) is 4.41. The second-order valence-electron chi connectivity index (χ2n) is 5.75. The molecule has 0 bridgehead atoms. The van der Waals surface area contributed by atoms with Crippen LogP contribution in [-0.4, -0.2) is 9.55 Å². The smallest absolute Gasteiger partial charge is 0.130 e. The van der Waals surface area contributed by atoms with E-state index in [4.69, 9.17) is 10.7 Å². The second-order valence-corrected chi connectivity index (χ2v) is 5.75. The van der Waals surface area contributed by atoms with Crippen LogP contribution in [0.15, 0.2) is 24.3 Å². The Morgan fingerprint density at radius 1 is 1.22 bits per heavy atom. The molecule has 1 heterocycles. The Balaban J connectivity index is 2.24. The van der Waals surface area contributed by atoms with Crippen molar-refractivity contribution >= 4 is 11.0 Å². The molecular weight excluding hydrogens is 222 g/mol. The van der Waals surface area contributed by atoms with Gasteiger partial charge in [0, 0.05) is 6.04 Å². The lowest BCUT2D eigenvalue weighted by molar-refractivity contribution is 0.398. The molecule has 1 saturated carbocycles. The first kappa shape index (κ1) is 11.7. The van der Waals surface area contributed by atoms with E-state index in [1.54, 1.807) is 0 Å². The molecule has 3 nitrogen and oxygen atoms in total. The minimum absolute atomic E-state index is 0.219. The number of nitrogens with two attached hydrogens (primary N) is 1. The number of benzene rings is 1. The summed E-state index contributed by atoms with van der Waals surface area (Å²) in [5.41, 5.74) is 8.66. The Hall–Kier alpha value is -1.35. The Morgan fingerprint density at radius 2 is 1.89 bits per heavy atom. The molecular formula is C15H21N3. The van der Waals surface area contributed by atoms with Gasteiger partial charge < -0.3 is 10.3 Å². The Morgan fingerprint density at radius 3 is 2.56 bits per heavy atom. The molecule has 0 unspecified atom stereocenters. The zero-order valence-corrected chi connectivity index (χ0v) is 11.2. The maximum absolute atomic E-state index is 6.60. The number of fused-ring (bicyclic) bond motifs is 1. The van der Waals surface area contributed by atoms with Gasteiger partial charge in [0.05, 0.1) is 16.6 Å². The lowest BCUT2D eigenvalue weighted by atomic mass is 9.98. The first-order chi connectivity index (χ1) is 8.62. The minimum Gasteiger partial charge on any atom is -0.324 e. The predicted molar refractivity (Wildman–Crippen MR) is 74.5 cm³/mol. The molecule has 0 amide bonds. The number of aromatic nitrogens is 2. The Bertz CT molecular complexity index is 562. The van der Waals surface area contributed by atoms with Crippen LogP contribution < -0.4 is 5.73 Å². The number of imidazole rings is 1. The standard InChI is InChI=1S/C15H21N3/c1-11(2)18-13-8-4-3-7-12(13)17-14(18)15(16)9-5-6-10-15/h3-4,7-8,11H,5-6,9-10,16H2,1-2H3. The highest BCUT2D eigenvalue weighted by molar-refractivity contribution is 5.76. The quantitative estimate of drug-likeness (QED) is 0.879. The lowest BCUT2D eigenvalue weighted by Crippen LogP contribution is -2.36. The van der Waals surface area contributed by atoms with Crippen molar-refractivity contribution in [2.24, 2.45) is 5.73 Å². The fourth-order valence-electron chi connectivity index (χ4n) is 3.15. The van der Waals surface area contributed by atoms with Gasteiger partial charge in [-0.25, -0.2) is 4.98 Å². The van der Waals surface area contributed by atoms with E-state index in [2.05, 4.69) is 36.6 Å². The molecule has 18 heavy (non-hydrogen) atoms. The molecule has 3 rings (SSSR count). The third kappa shape index (κ3) is 1.65. The monoisotopic (exact) mass is 243 g/mol. The van der Waals surface area contributed by atoms with Crippen LogP contribution in [0.3, 0.4) is 0 Å². The normalized spacial score (nSPS) is 18.9. The maximum Gasteiger partial charge on any atom is 0.130 e. The molecule has 1 aromatic heterocycles. The van der Waals surface area contributed by atoms with Crippen LogP contribution >= 0.6 is 0 Å². The zero-order chi connectivity index (χ0) is 12.8. The minimum atomic E-state index is -0.219. The summed E-state index contributed by atoms with van der Waals surface area (Å²) in [6.07, 6.45) is 4.56. The number of nitrogens with zero attached hydrogens (tertiary/aromatic N) is 2. The highest BCUT2D eigenvalue weighted by atomic mass is 15.1. The van der Waals surface area contributed by atoms with E-state index >= 15 is 0 Å². The van der Waals surface area contributed by atoms with Gasteiger partial charge in [0.1, 0.15) is 5.82 Å². The molecule has 3 heteroatoms. The third-order valence-electron chi connectivity index (χ3n) is 4.05. The molecule has 0 saturated heterocycles.